The lowest BCUT2D eigenvalue weighted by molar-refractivity contribution is -0.139. The Hall–Kier alpha value is -3.15. The number of aromatic amines is 1. The van der Waals surface area contributed by atoms with Gasteiger partial charge in [-0.3, -0.25) is 4.79 Å². The molecule has 0 aliphatic rings. The molecule has 3 N–H and O–H groups in total. The number of fused-ring (bicyclic) bond motifs is 1. The van der Waals surface area contributed by atoms with E-state index in [1.807, 2.05) is 18.2 Å². The number of hydrogen-bond donors (Lipinski definition) is 3. The number of aromatic nitrogens is 1. The number of nitrogens with one attached hydrogen (secondary N) is 2. The predicted molar refractivity (Wildman–Crippen MR) is 87.3 cm³/mol. The molecule has 0 unspecified atom stereocenters. The van der Waals surface area contributed by atoms with Gasteiger partial charge in [0.05, 0.1) is 0 Å². The molecular formula is C18H15FN2O3. The Bertz CT molecular complexity index is 890. The number of H-pyrrole nitrogens is 1. The van der Waals surface area contributed by atoms with E-state index in [4.69, 9.17) is 0 Å². The Morgan fingerprint density at radius 3 is 2.58 bits per heavy atom. The molecule has 0 radical (unpaired) electrons. The van der Waals surface area contributed by atoms with Crippen molar-refractivity contribution in [2.75, 3.05) is 0 Å². The fraction of sp³-hybridized carbons (Fsp3) is 0.111. The Kier molecular flexibility index (Phi) is 4.29. The minimum Gasteiger partial charge on any atom is -0.480 e. The Morgan fingerprint density at radius 2 is 1.88 bits per heavy atom. The normalized spacial score (nSPS) is 12.0. The summed E-state index contributed by atoms with van der Waals surface area (Å²) in [6, 6.07) is 13.6. The molecule has 6 heteroatoms. The molecule has 0 bridgehead atoms. The van der Waals surface area contributed by atoms with Gasteiger partial charge in [-0.25, -0.2) is 9.18 Å². The lowest BCUT2D eigenvalue weighted by atomic mass is 10.1. The van der Waals surface area contributed by atoms with Crippen molar-refractivity contribution in [3.05, 3.63) is 71.7 Å². The molecule has 24 heavy (non-hydrogen) atoms. The van der Waals surface area contributed by atoms with Crippen LogP contribution in [0.2, 0.25) is 0 Å². The van der Waals surface area contributed by atoms with Crippen molar-refractivity contribution in [2.45, 2.75) is 12.5 Å². The van der Waals surface area contributed by atoms with E-state index in [9.17, 15) is 19.1 Å². The molecule has 2 aromatic carbocycles. The third-order valence-electron chi connectivity index (χ3n) is 3.71. The Balaban J connectivity index is 1.78. The van der Waals surface area contributed by atoms with Gasteiger partial charge in [0, 0.05) is 17.3 Å². The van der Waals surface area contributed by atoms with Crippen LogP contribution in [0.4, 0.5) is 4.39 Å². The van der Waals surface area contributed by atoms with Crippen molar-refractivity contribution in [1.29, 1.82) is 0 Å². The zero-order chi connectivity index (χ0) is 17.1. The highest BCUT2D eigenvalue weighted by atomic mass is 19.1. The second kappa shape index (κ2) is 6.54. The van der Waals surface area contributed by atoms with Gasteiger partial charge in [0.25, 0.3) is 5.91 Å². The summed E-state index contributed by atoms with van der Waals surface area (Å²) >= 11 is 0. The molecular weight excluding hydrogens is 311 g/mol. The zero-order valence-corrected chi connectivity index (χ0v) is 12.6. The van der Waals surface area contributed by atoms with Gasteiger partial charge in [-0.05, 0) is 29.8 Å². The van der Waals surface area contributed by atoms with E-state index in [2.05, 4.69) is 10.3 Å². The molecule has 0 saturated carbocycles. The molecule has 0 aliphatic carbocycles. The monoisotopic (exact) mass is 326 g/mol. The molecule has 1 aromatic heterocycles. The van der Waals surface area contributed by atoms with Crippen LogP contribution < -0.4 is 5.32 Å². The summed E-state index contributed by atoms with van der Waals surface area (Å²) in [6.07, 6.45) is 0.177. The van der Waals surface area contributed by atoms with E-state index in [0.29, 0.717) is 10.9 Å². The number of halogens is 1. The number of carboxylic acid groups (broad SMARTS) is 1. The highest BCUT2D eigenvalue weighted by molar-refractivity contribution is 5.99. The first kappa shape index (κ1) is 15.7. The summed E-state index contributed by atoms with van der Waals surface area (Å²) < 4.78 is 13.2. The van der Waals surface area contributed by atoms with Crippen molar-refractivity contribution in [3.8, 4) is 0 Å². The highest BCUT2D eigenvalue weighted by Gasteiger charge is 2.22. The molecule has 0 aliphatic heterocycles. The summed E-state index contributed by atoms with van der Waals surface area (Å²) in [6.45, 7) is 0. The van der Waals surface area contributed by atoms with E-state index < -0.39 is 23.7 Å². The number of amides is 1. The third-order valence-corrected chi connectivity index (χ3v) is 3.71. The number of carbonyl (C=O) groups excluding carboxylic acids is 1. The van der Waals surface area contributed by atoms with Crippen molar-refractivity contribution < 1.29 is 19.1 Å². The summed E-state index contributed by atoms with van der Waals surface area (Å²) in [5.74, 6) is -2.06. The van der Waals surface area contributed by atoms with Gasteiger partial charge in [-0.2, -0.15) is 0 Å². The Morgan fingerprint density at radius 1 is 1.12 bits per heavy atom. The SMILES string of the molecule is O=C(N[C@@H](Cc1ccccc1)C(=O)O)c1cc2cc(F)ccc2[nH]1. The number of carbonyl (C=O) groups is 2. The van der Waals surface area contributed by atoms with Crippen molar-refractivity contribution >= 4 is 22.8 Å². The minimum absolute atomic E-state index is 0.177. The van der Waals surface area contributed by atoms with Gasteiger partial charge in [-0.1, -0.05) is 30.3 Å². The average Bonchev–Trinajstić information content (AvgIpc) is 2.98. The van der Waals surface area contributed by atoms with E-state index in [1.165, 1.54) is 24.3 Å². The largest absolute Gasteiger partial charge is 0.480 e. The standard InChI is InChI=1S/C18H15FN2O3/c19-13-6-7-14-12(9-13)10-15(20-14)17(22)21-16(18(23)24)8-11-4-2-1-3-5-11/h1-7,9-10,16,20H,8H2,(H,21,22)(H,23,24)/t16-/m0/s1. The van der Waals surface area contributed by atoms with Gasteiger partial charge >= 0.3 is 5.97 Å². The maximum atomic E-state index is 13.2. The second-order valence-electron chi connectivity index (χ2n) is 5.47. The number of aliphatic carboxylic acids is 1. The van der Waals surface area contributed by atoms with Gasteiger partial charge in [0.1, 0.15) is 17.6 Å². The molecule has 3 rings (SSSR count). The molecule has 0 spiro atoms. The zero-order valence-electron chi connectivity index (χ0n) is 12.6. The fourth-order valence-electron chi connectivity index (χ4n) is 2.51. The maximum Gasteiger partial charge on any atom is 0.326 e. The second-order valence-corrected chi connectivity index (χ2v) is 5.47. The molecule has 5 nitrogen and oxygen atoms in total. The van der Waals surface area contributed by atoms with Crippen molar-refractivity contribution in [1.82, 2.24) is 10.3 Å². The quantitative estimate of drug-likeness (QED) is 0.674. The molecule has 1 amide bonds. The molecule has 1 heterocycles. The summed E-state index contributed by atoms with van der Waals surface area (Å²) in [5.41, 5.74) is 1.61. The maximum absolute atomic E-state index is 13.2. The first-order valence-electron chi connectivity index (χ1n) is 7.39. The first-order chi connectivity index (χ1) is 11.5. The van der Waals surface area contributed by atoms with E-state index in [-0.39, 0.29) is 12.1 Å². The first-order valence-corrected chi connectivity index (χ1v) is 7.39. The van der Waals surface area contributed by atoms with Crippen LogP contribution >= 0.6 is 0 Å². The van der Waals surface area contributed by atoms with Crippen molar-refractivity contribution in [2.24, 2.45) is 0 Å². The van der Waals surface area contributed by atoms with Crippen LogP contribution in [0.1, 0.15) is 16.1 Å². The average molecular weight is 326 g/mol. The molecule has 0 saturated heterocycles. The summed E-state index contributed by atoms with van der Waals surface area (Å²) in [7, 11) is 0. The minimum atomic E-state index is -1.12. The number of benzene rings is 2. The van der Waals surface area contributed by atoms with Crippen LogP contribution in [-0.4, -0.2) is 28.0 Å². The van der Waals surface area contributed by atoms with Crippen LogP contribution in [0.25, 0.3) is 10.9 Å². The highest BCUT2D eigenvalue weighted by Crippen LogP contribution is 2.17. The van der Waals surface area contributed by atoms with E-state index >= 15 is 0 Å². The third kappa shape index (κ3) is 3.43. The molecule has 122 valence electrons. The van der Waals surface area contributed by atoms with Crippen LogP contribution in [0, 0.1) is 5.82 Å². The van der Waals surface area contributed by atoms with Gasteiger partial charge in [0.15, 0.2) is 0 Å². The topological polar surface area (TPSA) is 82.2 Å². The van der Waals surface area contributed by atoms with E-state index in [1.54, 1.807) is 12.1 Å². The predicted octanol–water partition coefficient (Wildman–Crippen LogP) is 2.73. The fourth-order valence-corrected chi connectivity index (χ4v) is 2.51. The molecule has 0 fully saturated rings. The summed E-state index contributed by atoms with van der Waals surface area (Å²) in [4.78, 5) is 26.6. The van der Waals surface area contributed by atoms with Crippen LogP contribution in [0.5, 0.6) is 0 Å². The molecule has 1 atom stereocenters. The smallest absolute Gasteiger partial charge is 0.326 e. The number of hydrogen-bond acceptors (Lipinski definition) is 2. The lowest BCUT2D eigenvalue weighted by Gasteiger charge is -2.14. The van der Waals surface area contributed by atoms with Crippen LogP contribution in [0.3, 0.4) is 0 Å². The number of carboxylic acids is 1. The van der Waals surface area contributed by atoms with Crippen molar-refractivity contribution in [3.63, 3.8) is 0 Å². The van der Waals surface area contributed by atoms with Gasteiger partial charge in [-0.15, -0.1) is 0 Å². The number of rotatable bonds is 5. The molecule has 3 aromatic rings. The van der Waals surface area contributed by atoms with Crippen LogP contribution in [-0.2, 0) is 11.2 Å². The lowest BCUT2D eigenvalue weighted by Crippen LogP contribution is -2.42. The summed E-state index contributed by atoms with van der Waals surface area (Å²) in [5, 5.41) is 12.4. The van der Waals surface area contributed by atoms with Gasteiger partial charge in [0.2, 0.25) is 0 Å². The van der Waals surface area contributed by atoms with E-state index in [0.717, 1.165) is 5.56 Å². The van der Waals surface area contributed by atoms with Crippen LogP contribution in [0.15, 0.2) is 54.6 Å². The Labute approximate surface area is 137 Å². The van der Waals surface area contributed by atoms with Gasteiger partial charge < -0.3 is 15.4 Å².